The van der Waals surface area contributed by atoms with Gasteiger partial charge in [-0.15, -0.1) is 0 Å². The van der Waals surface area contributed by atoms with Crippen LogP contribution in [0.15, 0.2) is 28.8 Å². The van der Waals surface area contributed by atoms with Crippen molar-refractivity contribution in [2.45, 2.75) is 32.2 Å². The first-order valence-electron chi connectivity index (χ1n) is 6.24. The molecular formula is C13H15ClF3N3O2. The molecule has 1 heterocycles. The summed E-state index contributed by atoms with van der Waals surface area (Å²) in [7, 11) is 0. The number of nitrogens with zero attached hydrogens (tertiary/aromatic N) is 2. The van der Waals surface area contributed by atoms with Crippen LogP contribution in [0.1, 0.15) is 42.8 Å². The topological polar surface area (TPSA) is 76.2 Å². The summed E-state index contributed by atoms with van der Waals surface area (Å²) in [6.07, 6.45) is -5.64. The van der Waals surface area contributed by atoms with Crippen LogP contribution in [-0.4, -0.2) is 10.4 Å². The lowest BCUT2D eigenvalue weighted by Crippen LogP contribution is -3.00. The van der Waals surface area contributed by atoms with Crippen molar-refractivity contribution in [3.05, 3.63) is 41.1 Å². The molecule has 22 heavy (non-hydrogen) atoms. The van der Waals surface area contributed by atoms with Crippen molar-refractivity contribution in [3.8, 4) is 0 Å². The third-order valence-electron chi connectivity index (χ3n) is 3.03. The average Bonchev–Trinajstić information content (AvgIpc) is 2.79. The number of alkyl halides is 3. The van der Waals surface area contributed by atoms with Gasteiger partial charge in [-0.05, 0) is 22.4 Å². The summed E-state index contributed by atoms with van der Waals surface area (Å²) in [6, 6.07) is 4.09. The number of halogens is 4. The Bertz CT molecular complexity index is 626. The van der Waals surface area contributed by atoms with Crippen molar-refractivity contribution in [1.82, 2.24) is 5.27 Å². The minimum atomic E-state index is -4.42. The molecule has 0 aliphatic rings. The molecule has 2 rings (SSSR count). The Hall–Kier alpha value is -1.80. The van der Waals surface area contributed by atoms with Gasteiger partial charge in [0.15, 0.2) is 12.1 Å². The number of aromatic nitrogens is 2. The highest BCUT2D eigenvalue weighted by molar-refractivity contribution is 5.35. The van der Waals surface area contributed by atoms with Crippen molar-refractivity contribution in [3.63, 3.8) is 0 Å². The first kappa shape index (κ1) is 18.2. The highest BCUT2D eigenvalue weighted by Gasteiger charge is 2.34. The van der Waals surface area contributed by atoms with Gasteiger partial charge in [0, 0.05) is 13.8 Å². The van der Waals surface area contributed by atoms with Crippen molar-refractivity contribution in [2.24, 2.45) is 0 Å². The smallest absolute Gasteiger partial charge is 0.416 e. The van der Waals surface area contributed by atoms with E-state index in [1.54, 1.807) is 0 Å². The zero-order valence-corrected chi connectivity index (χ0v) is 12.6. The Kier molecular flexibility index (Phi) is 5.42. The number of aliphatic hydroxyl groups excluding tert-OH is 1. The molecule has 122 valence electrons. The number of hydrogen-bond donors (Lipinski definition) is 2. The monoisotopic (exact) mass is 337 g/mol. The van der Waals surface area contributed by atoms with Crippen LogP contribution in [0.2, 0.25) is 0 Å². The third kappa shape index (κ3) is 3.50. The number of rotatable bonds is 3. The zero-order chi connectivity index (χ0) is 15.8. The largest absolute Gasteiger partial charge is 1.00 e. The van der Waals surface area contributed by atoms with Crippen LogP contribution in [0.4, 0.5) is 19.1 Å². The van der Waals surface area contributed by atoms with Gasteiger partial charge in [0.2, 0.25) is 5.27 Å². The lowest BCUT2D eigenvalue weighted by atomic mass is 10.0. The van der Waals surface area contributed by atoms with Crippen LogP contribution in [0, 0.1) is 0 Å². The molecule has 1 atom stereocenters. The van der Waals surface area contributed by atoms with Gasteiger partial charge in [0.25, 0.3) is 5.88 Å². The Morgan fingerprint density at radius 2 is 1.77 bits per heavy atom. The summed E-state index contributed by atoms with van der Waals surface area (Å²) in [5.74, 6) is -0.0731. The Labute approximate surface area is 130 Å². The molecular weight excluding hydrogens is 323 g/mol. The fraction of sp³-hybridized carbons (Fsp3) is 0.385. The summed E-state index contributed by atoms with van der Waals surface area (Å²) in [4.78, 5) is 0. The van der Waals surface area contributed by atoms with E-state index in [-0.39, 0.29) is 35.6 Å². The van der Waals surface area contributed by atoms with Crippen LogP contribution in [-0.2, 0) is 6.18 Å². The summed E-state index contributed by atoms with van der Waals surface area (Å²) < 4.78 is 43.8. The molecule has 1 aromatic carbocycles. The van der Waals surface area contributed by atoms with Crippen molar-refractivity contribution in [1.29, 1.82) is 0 Å². The van der Waals surface area contributed by atoms with Gasteiger partial charge in [0.05, 0.1) is 5.56 Å². The van der Waals surface area contributed by atoms with Gasteiger partial charge < -0.3 is 23.2 Å². The normalized spacial score (nSPS) is 13.0. The van der Waals surface area contributed by atoms with Crippen LogP contribution >= 0.6 is 0 Å². The predicted octanol–water partition coefficient (Wildman–Crippen LogP) is -0.770. The quantitative estimate of drug-likeness (QED) is 0.721. The Morgan fingerprint density at radius 1 is 1.23 bits per heavy atom. The number of aliphatic hydroxyl groups is 1. The molecule has 1 aromatic heterocycles. The molecule has 5 nitrogen and oxygen atoms in total. The molecule has 0 saturated carbocycles. The summed E-state index contributed by atoms with van der Waals surface area (Å²) in [5, 5.41) is 14.0. The van der Waals surface area contributed by atoms with E-state index in [4.69, 9.17) is 10.3 Å². The average molecular weight is 338 g/mol. The maximum absolute atomic E-state index is 12.5. The Balaban J connectivity index is 0.00000242. The second kappa shape index (κ2) is 6.53. The summed E-state index contributed by atoms with van der Waals surface area (Å²) >= 11 is 0. The predicted molar refractivity (Wildman–Crippen MR) is 67.0 cm³/mol. The molecule has 0 radical (unpaired) electrons. The second-order valence-electron chi connectivity index (χ2n) is 4.88. The van der Waals surface area contributed by atoms with E-state index in [1.165, 1.54) is 16.8 Å². The minimum Gasteiger partial charge on any atom is -1.00 e. The molecule has 0 fully saturated rings. The van der Waals surface area contributed by atoms with Crippen LogP contribution < -0.4 is 22.8 Å². The maximum Gasteiger partial charge on any atom is 0.416 e. The SMILES string of the molecule is CC(C)[n+]1noc(N)c1C(O)c1ccc(C(F)(F)F)cc1.[Cl-]. The number of hydrogen-bond acceptors (Lipinski definition) is 4. The third-order valence-corrected chi connectivity index (χ3v) is 3.03. The number of benzene rings is 1. The standard InChI is InChI=1S/C13H15F3N3O2.ClH/c1-7(2)19-10(12(17)21-18-19)11(20)8-3-5-9(6-4-8)13(14,15)16;/h3-7,11,20H,17H2,1-2H3;1H/q+1;/p-1. The van der Waals surface area contributed by atoms with Crippen molar-refractivity contribution >= 4 is 5.88 Å². The molecule has 3 N–H and O–H groups in total. The first-order valence-corrected chi connectivity index (χ1v) is 6.24. The van der Waals surface area contributed by atoms with Crippen LogP contribution in [0.5, 0.6) is 0 Å². The first-order chi connectivity index (χ1) is 9.71. The van der Waals surface area contributed by atoms with Crippen molar-refractivity contribution in [2.75, 3.05) is 5.73 Å². The minimum absolute atomic E-state index is 0. The summed E-state index contributed by atoms with van der Waals surface area (Å²) in [5.41, 5.74) is 5.33. The van der Waals surface area contributed by atoms with Crippen molar-refractivity contribution < 1.29 is 39.9 Å². The van der Waals surface area contributed by atoms with E-state index in [0.29, 0.717) is 0 Å². The fourth-order valence-corrected chi connectivity index (χ4v) is 1.94. The van der Waals surface area contributed by atoms with E-state index in [2.05, 4.69) is 5.27 Å². The fourth-order valence-electron chi connectivity index (χ4n) is 1.94. The van der Waals surface area contributed by atoms with Gasteiger partial charge in [-0.2, -0.15) is 13.2 Å². The number of nitrogens with two attached hydrogens (primary N) is 1. The number of anilines is 1. The lowest BCUT2D eigenvalue weighted by molar-refractivity contribution is -0.787. The zero-order valence-electron chi connectivity index (χ0n) is 11.8. The van der Waals surface area contributed by atoms with E-state index in [1.807, 2.05) is 13.8 Å². The molecule has 0 aliphatic carbocycles. The van der Waals surface area contributed by atoms with Gasteiger partial charge in [-0.3, -0.25) is 4.52 Å². The molecule has 0 amide bonds. The van der Waals surface area contributed by atoms with E-state index in [0.717, 1.165) is 12.1 Å². The van der Waals surface area contributed by atoms with E-state index < -0.39 is 17.8 Å². The highest BCUT2D eigenvalue weighted by Crippen LogP contribution is 2.31. The Morgan fingerprint density at radius 3 is 2.23 bits per heavy atom. The second-order valence-corrected chi connectivity index (χ2v) is 4.88. The molecule has 0 spiro atoms. The van der Waals surface area contributed by atoms with E-state index in [9.17, 15) is 18.3 Å². The molecule has 0 bridgehead atoms. The highest BCUT2D eigenvalue weighted by atomic mass is 35.5. The maximum atomic E-state index is 12.5. The summed E-state index contributed by atoms with van der Waals surface area (Å²) in [6.45, 7) is 3.62. The molecule has 2 aromatic rings. The van der Waals surface area contributed by atoms with Crippen LogP contribution in [0.25, 0.3) is 0 Å². The van der Waals surface area contributed by atoms with E-state index >= 15 is 0 Å². The van der Waals surface area contributed by atoms with Gasteiger partial charge in [-0.25, -0.2) is 0 Å². The lowest BCUT2D eigenvalue weighted by Gasteiger charge is -2.10. The van der Waals surface area contributed by atoms with Gasteiger partial charge in [-0.1, -0.05) is 12.1 Å². The molecule has 0 saturated heterocycles. The molecule has 0 aliphatic heterocycles. The van der Waals surface area contributed by atoms with Gasteiger partial charge >= 0.3 is 11.9 Å². The molecule has 1 unspecified atom stereocenters. The van der Waals surface area contributed by atoms with Gasteiger partial charge in [0.1, 0.15) is 0 Å². The molecule has 9 heteroatoms. The van der Waals surface area contributed by atoms with Crippen LogP contribution in [0.3, 0.4) is 0 Å². The number of nitrogen functional groups attached to an aromatic ring is 1.